The molecule has 12 heteroatoms. The Bertz CT molecular complexity index is 2520. The number of benzene rings is 4. The van der Waals surface area contributed by atoms with Gasteiger partial charge < -0.3 is 10.6 Å². The molecule has 0 unspecified atom stereocenters. The summed E-state index contributed by atoms with van der Waals surface area (Å²) in [4.78, 5) is 36.7. The molecule has 276 valence electrons. The van der Waals surface area contributed by atoms with Crippen LogP contribution >= 0.6 is 23.5 Å². The van der Waals surface area contributed by atoms with Gasteiger partial charge in [-0.2, -0.15) is 10.2 Å². The third kappa shape index (κ3) is 6.40. The second-order valence-electron chi connectivity index (χ2n) is 13.6. The van der Waals surface area contributed by atoms with Gasteiger partial charge in [-0.1, -0.05) is 72.1 Å². The minimum atomic E-state index is -0.134. The summed E-state index contributed by atoms with van der Waals surface area (Å²) in [6.07, 6.45) is 3.74. The van der Waals surface area contributed by atoms with Crippen LogP contribution in [-0.2, 0) is 0 Å². The quantitative estimate of drug-likeness (QED) is 0.108. The molecule has 0 saturated heterocycles. The van der Waals surface area contributed by atoms with Crippen molar-refractivity contribution >= 4 is 57.1 Å². The molecule has 4 aromatic heterocycles. The molecular weight excluding hydrogens is 737 g/mol. The van der Waals surface area contributed by atoms with Crippen LogP contribution in [-0.4, -0.2) is 56.3 Å². The van der Waals surface area contributed by atoms with Crippen molar-refractivity contribution in [2.75, 3.05) is 14.1 Å². The summed E-state index contributed by atoms with van der Waals surface area (Å²) in [6.45, 7) is 0. The molecule has 4 N–H and O–H groups in total. The Morgan fingerprint density at radius 2 is 0.964 bits per heavy atom. The van der Waals surface area contributed by atoms with Crippen molar-refractivity contribution in [2.24, 2.45) is 0 Å². The number of H-pyrrole nitrogens is 2. The molecule has 10 nitrogen and oxygen atoms in total. The Kier molecular flexibility index (Phi) is 9.58. The maximum atomic E-state index is 12.6. The Hall–Kier alpha value is -6.24. The number of amides is 2. The molecule has 0 atom stereocenters. The number of nitrogens with zero attached hydrogens (tertiary/aromatic N) is 4. The third-order valence-corrected chi connectivity index (χ3v) is 12.8. The lowest BCUT2D eigenvalue weighted by atomic mass is 9.50. The maximum Gasteiger partial charge on any atom is 0.252 e. The van der Waals surface area contributed by atoms with E-state index in [1.54, 1.807) is 14.1 Å². The number of nitrogens with one attached hydrogen (secondary N) is 4. The predicted octanol–water partition coefficient (Wildman–Crippen LogP) is 8.70. The summed E-state index contributed by atoms with van der Waals surface area (Å²) in [5.41, 5.74) is 7.45. The van der Waals surface area contributed by atoms with Crippen molar-refractivity contribution in [3.8, 4) is 0 Å². The van der Waals surface area contributed by atoms with Crippen LogP contribution in [0.1, 0.15) is 66.9 Å². The number of carbonyl (C=O) groups is 2. The summed E-state index contributed by atoms with van der Waals surface area (Å²) in [6, 6.07) is 40.5. The number of carbonyl (C=O) groups excluding carboxylic acids is 2. The highest BCUT2D eigenvalue weighted by Crippen LogP contribution is 2.66. The number of aromatic amines is 2. The number of rotatable bonds is 10. The first kappa shape index (κ1) is 35.5. The molecule has 4 aromatic carbocycles. The van der Waals surface area contributed by atoms with E-state index in [9.17, 15) is 9.59 Å². The zero-order chi connectivity index (χ0) is 38.2. The monoisotopic (exact) mass is 772 g/mol. The van der Waals surface area contributed by atoms with E-state index >= 15 is 0 Å². The Balaban J connectivity index is 1.09. The summed E-state index contributed by atoms with van der Waals surface area (Å²) >= 11 is 2.95. The Morgan fingerprint density at radius 1 is 0.536 bits per heavy atom. The molecule has 0 aliphatic heterocycles. The zero-order valence-corrected chi connectivity index (χ0v) is 32.1. The molecule has 1 saturated carbocycles. The first-order valence-corrected chi connectivity index (χ1v) is 19.9. The van der Waals surface area contributed by atoms with Gasteiger partial charge in [0.15, 0.2) is 0 Å². The van der Waals surface area contributed by atoms with Crippen LogP contribution in [0.3, 0.4) is 0 Å². The van der Waals surface area contributed by atoms with Crippen LogP contribution in [0.15, 0.2) is 154 Å². The highest BCUT2D eigenvalue weighted by Gasteiger charge is 2.54. The van der Waals surface area contributed by atoms with Crippen LogP contribution < -0.4 is 10.6 Å². The van der Waals surface area contributed by atoms with Crippen LogP contribution in [0, 0.1) is 0 Å². The van der Waals surface area contributed by atoms with E-state index in [0.29, 0.717) is 11.1 Å². The van der Waals surface area contributed by atoms with Gasteiger partial charge in [0.2, 0.25) is 0 Å². The highest BCUT2D eigenvalue weighted by atomic mass is 32.2. The Labute approximate surface area is 331 Å². The van der Waals surface area contributed by atoms with E-state index in [2.05, 4.69) is 81.5 Å². The number of fused-ring (bicyclic) bond motifs is 2. The standard InChI is InChI=1S/C44H36N8O2S2/c1-45-41(53)29-11-3-5-15-35(29)55-43-27-19-17-25(23-33(27)49-51-43)37-39(31-13-7-9-21-47-31)38(40(37)32-14-8-10-22-48-32)26-18-20-28-34(24-26)50-52-44(28)56-36-16-6-4-12-30(36)42(54)46-2/h3-24,37-40H,1-2H3,(H,45,53)(H,46,54)(H,49,51)(H,50,52). The lowest BCUT2D eigenvalue weighted by molar-refractivity contribution is 0.0952. The fourth-order valence-electron chi connectivity index (χ4n) is 8.02. The molecule has 0 radical (unpaired) electrons. The molecule has 1 aliphatic carbocycles. The van der Waals surface area contributed by atoms with Crippen molar-refractivity contribution in [1.29, 1.82) is 0 Å². The molecular formula is C44H36N8O2S2. The fourth-order valence-corrected chi connectivity index (χ4v) is 10.0. The van der Waals surface area contributed by atoms with Gasteiger partial charge >= 0.3 is 0 Å². The van der Waals surface area contributed by atoms with Crippen LogP contribution in [0.2, 0.25) is 0 Å². The number of hydrogen-bond donors (Lipinski definition) is 4. The summed E-state index contributed by atoms with van der Waals surface area (Å²) < 4.78 is 0. The van der Waals surface area contributed by atoms with Crippen LogP contribution in [0.25, 0.3) is 21.8 Å². The molecule has 2 amide bonds. The minimum absolute atomic E-state index is 0.0468. The van der Waals surface area contributed by atoms with Gasteiger partial charge in [0.05, 0.1) is 22.2 Å². The smallest absolute Gasteiger partial charge is 0.252 e. The van der Waals surface area contributed by atoms with Crippen LogP contribution in [0.5, 0.6) is 0 Å². The minimum Gasteiger partial charge on any atom is -0.355 e. The third-order valence-electron chi connectivity index (χ3n) is 10.6. The van der Waals surface area contributed by atoms with E-state index in [-0.39, 0.29) is 35.5 Å². The van der Waals surface area contributed by atoms with Gasteiger partial charge in [-0.25, -0.2) is 0 Å². The first-order chi connectivity index (χ1) is 27.5. The molecule has 9 rings (SSSR count). The Morgan fingerprint density at radius 3 is 1.38 bits per heavy atom. The zero-order valence-electron chi connectivity index (χ0n) is 30.4. The lowest BCUT2D eigenvalue weighted by Crippen LogP contribution is -2.40. The van der Waals surface area contributed by atoms with E-state index < -0.39 is 0 Å². The normalized spacial score (nSPS) is 17.8. The molecule has 0 bridgehead atoms. The van der Waals surface area contributed by atoms with Crippen molar-refractivity contribution in [2.45, 2.75) is 43.5 Å². The average Bonchev–Trinajstić information content (AvgIpc) is 3.84. The first-order valence-electron chi connectivity index (χ1n) is 18.3. The van der Waals surface area contributed by atoms with E-state index in [4.69, 9.17) is 20.2 Å². The number of aromatic nitrogens is 6. The fraction of sp³-hybridized carbons (Fsp3) is 0.136. The van der Waals surface area contributed by atoms with E-state index in [1.165, 1.54) is 34.7 Å². The van der Waals surface area contributed by atoms with Crippen molar-refractivity contribution < 1.29 is 9.59 Å². The van der Waals surface area contributed by atoms with Gasteiger partial charge in [-0.05, 0) is 83.9 Å². The van der Waals surface area contributed by atoms with E-state index in [0.717, 1.165) is 53.0 Å². The average molecular weight is 773 g/mol. The molecule has 0 spiro atoms. The summed E-state index contributed by atoms with van der Waals surface area (Å²) in [5.74, 6) is -0.0492. The molecule has 1 fully saturated rings. The van der Waals surface area contributed by atoms with Crippen molar-refractivity contribution in [3.05, 3.63) is 167 Å². The summed E-state index contributed by atoms with van der Waals surface area (Å²) in [5, 5.41) is 25.0. The van der Waals surface area contributed by atoms with Gasteiger partial charge in [0, 0.05) is 82.1 Å². The lowest BCUT2D eigenvalue weighted by Gasteiger charge is -2.52. The number of pyridine rings is 2. The highest BCUT2D eigenvalue weighted by molar-refractivity contribution is 7.99. The van der Waals surface area contributed by atoms with Crippen molar-refractivity contribution in [1.82, 2.24) is 41.0 Å². The van der Waals surface area contributed by atoms with Gasteiger partial charge in [-0.15, -0.1) is 0 Å². The van der Waals surface area contributed by atoms with Crippen LogP contribution in [0.4, 0.5) is 0 Å². The number of hydrogen-bond acceptors (Lipinski definition) is 8. The van der Waals surface area contributed by atoms with E-state index in [1.807, 2.05) is 73.1 Å². The van der Waals surface area contributed by atoms with Gasteiger partial charge in [-0.3, -0.25) is 29.8 Å². The molecule has 56 heavy (non-hydrogen) atoms. The topological polar surface area (TPSA) is 141 Å². The molecule has 1 aliphatic rings. The van der Waals surface area contributed by atoms with Gasteiger partial charge in [0.25, 0.3) is 11.8 Å². The SMILES string of the molecule is CNC(=O)c1ccccc1Sc1n[nH]c2cc(C3C(c4ccccn4)C(c4ccc5c(Sc6ccccc6C(=O)NC)n[nH]c5c4)C3c3ccccn3)ccc12. The molecule has 4 heterocycles. The second-order valence-corrected chi connectivity index (χ2v) is 15.7. The van der Waals surface area contributed by atoms with Crippen molar-refractivity contribution in [3.63, 3.8) is 0 Å². The maximum absolute atomic E-state index is 12.6. The largest absolute Gasteiger partial charge is 0.355 e. The molecule has 8 aromatic rings. The summed E-state index contributed by atoms with van der Waals surface area (Å²) in [7, 11) is 3.28. The predicted molar refractivity (Wildman–Crippen MR) is 220 cm³/mol. The second kappa shape index (κ2) is 15.1. The van der Waals surface area contributed by atoms with Gasteiger partial charge in [0.1, 0.15) is 10.1 Å².